The van der Waals surface area contributed by atoms with Crippen molar-refractivity contribution in [3.05, 3.63) is 11.7 Å². The summed E-state index contributed by atoms with van der Waals surface area (Å²) in [5.41, 5.74) is 5.47. The highest BCUT2D eigenvalue weighted by molar-refractivity contribution is 7.98. The van der Waals surface area contributed by atoms with Crippen LogP contribution in [0, 0.1) is 0 Å². The first kappa shape index (κ1) is 14.5. The third kappa shape index (κ3) is 3.43. The maximum atomic E-state index is 5.97. The van der Waals surface area contributed by atoms with Gasteiger partial charge in [-0.2, -0.15) is 16.7 Å². The lowest BCUT2D eigenvalue weighted by atomic mass is 10.0. The summed E-state index contributed by atoms with van der Waals surface area (Å²) in [4.78, 5) is 4.34. The third-order valence-electron chi connectivity index (χ3n) is 2.99. The fraction of sp³-hybridized carbons (Fsp3) is 0.818. The van der Waals surface area contributed by atoms with Crippen LogP contribution in [0.4, 0.5) is 0 Å². The van der Waals surface area contributed by atoms with Crippen LogP contribution in [-0.4, -0.2) is 29.3 Å². The molecule has 0 aliphatic carbocycles. The minimum Gasteiger partial charge on any atom is -0.370 e. The van der Waals surface area contributed by atoms with Gasteiger partial charge in [-0.25, -0.2) is 0 Å². The molecule has 2 unspecified atom stereocenters. The van der Waals surface area contributed by atoms with E-state index in [1.54, 1.807) is 18.9 Å². The Labute approximate surface area is 106 Å². The van der Waals surface area contributed by atoms with E-state index < -0.39 is 5.60 Å². The second-order valence-electron chi connectivity index (χ2n) is 4.13. The molecule has 6 heteroatoms. The molecule has 0 aromatic carbocycles. The van der Waals surface area contributed by atoms with Crippen molar-refractivity contribution in [1.82, 2.24) is 10.1 Å². The van der Waals surface area contributed by atoms with Gasteiger partial charge in [-0.05, 0) is 31.8 Å². The Morgan fingerprint density at radius 1 is 1.59 bits per heavy atom. The number of hydrogen-bond donors (Lipinski definition) is 1. The summed E-state index contributed by atoms with van der Waals surface area (Å²) in [6, 6.07) is -0.193. The van der Waals surface area contributed by atoms with E-state index in [9.17, 15) is 0 Å². The van der Waals surface area contributed by atoms with Crippen molar-refractivity contribution in [2.45, 2.75) is 38.3 Å². The molecule has 1 rings (SSSR count). The maximum Gasteiger partial charge on any atom is 0.243 e. The first-order chi connectivity index (χ1) is 8.07. The minimum atomic E-state index is -0.499. The zero-order valence-electron chi connectivity index (χ0n) is 10.9. The van der Waals surface area contributed by atoms with Gasteiger partial charge in [-0.3, -0.25) is 0 Å². The van der Waals surface area contributed by atoms with E-state index in [0.29, 0.717) is 11.7 Å². The molecule has 2 N–H and O–H groups in total. The largest absolute Gasteiger partial charge is 0.370 e. The Hall–Kier alpha value is -0.590. The van der Waals surface area contributed by atoms with E-state index in [2.05, 4.69) is 10.1 Å². The molecule has 5 nitrogen and oxygen atoms in total. The van der Waals surface area contributed by atoms with Gasteiger partial charge in [0.25, 0.3) is 0 Å². The van der Waals surface area contributed by atoms with E-state index in [0.717, 1.165) is 18.6 Å². The fourth-order valence-corrected chi connectivity index (χ4v) is 1.85. The van der Waals surface area contributed by atoms with Crippen LogP contribution >= 0.6 is 11.8 Å². The number of methoxy groups -OCH3 is 1. The first-order valence-corrected chi connectivity index (χ1v) is 7.10. The number of nitrogens with two attached hydrogens (primary N) is 1. The van der Waals surface area contributed by atoms with E-state index in [1.807, 2.05) is 20.1 Å². The molecule has 0 amide bonds. The summed E-state index contributed by atoms with van der Waals surface area (Å²) < 4.78 is 10.6. The normalized spacial score (nSPS) is 16.8. The molecule has 0 radical (unpaired) electrons. The zero-order valence-corrected chi connectivity index (χ0v) is 11.7. The van der Waals surface area contributed by atoms with Gasteiger partial charge in [0, 0.05) is 7.11 Å². The second kappa shape index (κ2) is 6.37. The molecule has 1 heterocycles. The summed E-state index contributed by atoms with van der Waals surface area (Å²) in [5, 5.41) is 3.96. The molecule has 17 heavy (non-hydrogen) atoms. The van der Waals surface area contributed by atoms with Crippen LogP contribution in [0.25, 0.3) is 0 Å². The van der Waals surface area contributed by atoms with Gasteiger partial charge in [0.2, 0.25) is 11.7 Å². The lowest BCUT2D eigenvalue weighted by Gasteiger charge is -2.21. The van der Waals surface area contributed by atoms with E-state index in [4.69, 9.17) is 15.0 Å². The van der Waals surface area contributed by atoms with Crippen LogP contribution in [0.15, 0.2) is 4.52 Å². The molecule has 98 valence electrons. The molecule has 0 aliphatic heterocycles. The standard InChI is InChI=1S/C11H21N3O2S/c1-5-11(2,15-3)10-13-9(16-14-10)8(12)6-7-17-4/h8H,5-7,12H2,1-4H3. The van der Waals surface area contributed by atoms with Crippen LogP contribution < -0.4 is 5.73 Å². The Bertz CT molecular complexity index is 339. The molecule has 0 saturated heterocycles. The van der Waals surface area contributed by atoms with Crippen LogP contribution in [0.5, 0.6) is 0 Å². The summed E-state index contributed by atoms with van der Waals surface area (Å²) in [5.74, 6) is 2.04. The van der Waals surface area contributed by atoms with Crippen molar-refractivity contribution in [3.63, 3.8) is 0 Å². The van der Waals surface area contributed by atoms with Gasteiger partial charge in [0.1, 0.15) is 5.60 Å². The zero-order chi connectivity index (χ0) is 12.9. The third-order valence-corrected chi connectivity index (χ3v) is 3.63. The minimum absolute atomic E-state index is 0.193. The van der Waals surface area contributed by atoms with Crippen molar-refractivity contribution < 1.29 is 9.26 Å². The van der Waals surface area contributed by atoms with Gasteiger partial charge in [0.05, 0.1) is 6.04 Å². The quantitative estimate of drug-likeness (QED) is 0.808. The number of ether oxygens (including phenoxy) is 1. The van der Waals surface area contributed by atoms with Crippen LogP contribution in [0.2, 0.25) is 0 Å². The van der Waals surface area contributed by atoms with Gasteiger partial charge < -0.3 is 15.0 Å². The monoisotopic (exact) mass is 259 g/mol. The molecule has 2 atom stereocenters. The Kier molecular flexibility index (Phi) is 5.42. The average molecular weight is 259 g/mol. The van der Waals surface area contributed by atoms with Crippen molar-refractivity contribution in [1.29, 1.82) is 0 Å². The molecule has 0 fully saturated rings. The van der Waals surface area contributed by atoms with Gasteiger partial charge in [-0.15, -0.1) is 0 Å². The summed E-state index contributed by atoms with van der Waals surface area (Å²) in [7, 11) is 1.65. The van der Waals surface area contributed by atoms with E-state index >= 15 is 0 Å². The topological polar surface area (TPSA) is 74.2 Å². The number of thioether (sulfide) groups is 1. The molecule has 1 aromatic heterocycles. The van der Waals surface area contributed by atoms with Crippen molar-refractivity contribution >= 4 is 11.8 Å². The summed E-state index contributed by atoms with van der Waals surface area (Å²) >= 11 is 1.75. The fourth-order valence-electron chi connectivity index (χ4n) is 1.36. The molecule has 0 saturated carbocycles. The van der Waals surface area contributed by atoms with Crippen molar-refractivity contribution in [2.75, 3.05) is 19.1 Å². The van der Waals surface area contributed by atoms with Crippen LogP contribution in [0.1, 0.15) is 44.4 Å². The molecule has 0 aliphatic rings. The van der Waals surface area contributed by atoms with E-state index in [1.165, 1.54) is 0 Å². The summed E-state index contributed by atoms with van der Waals surface area (Å²) in [6.45, 7) is 3.96. The van der Waals surface area contributed by atoms with Crippen LogP contribution in [0.3, 0.4) is 0 Å². The summed E-state index contributed by atoms with van der Waals surface area (Å²) in [6.07, 6.45) is 3.66. The molecule has 0 bridgehead atoms. The number of hydrogen-bond acceptors (Lipinski definition) is 6. The number of aromatic nitrogens is 2. The average Bonchev–Trinajstić information content (AvgIpc) is 2.85. The van der Waals surface area contributed by atoms with Gasteiger partial charge in [-0.1, -0.05) is 12.1 Å². The number of rotatable bonds is 7. The Morgan fingerprint density at radius 2 is 2.29 bits per heavy atom. The Balaban J connectivity index is 2.77. The highest BCUT2D eigenvalue weighted by Crippen LogP contribution is 2.26. The Morgan fingerprint density at radius 3 is 2.82 bits per heavy atom. The molecular weight excluding hydrogens is 238 g/mol. The SMILES string of the molecule is CCC(C)(OC)c1noc(C(N)CCSC)n1. The van der Waals surface area contributed by atoms with E-state index in [-0.39, 0.29) is 6.04 Å². The predicted molar refractivity (Wildman–Crippen MR) is 68.9 cm³/mol. The van der Waals surface area contributed by atoms with Gasteiger partial charge in [0.15, 0.2) is 0 Å². The smallest absolute Gasteiger partial charge is 0.243 e. The number of nitrogens with zero attached hydrogens (tertiary/aromatic N) is 2. The lowest BCUT2D eigenvalue weighted by Crippen LogP contribution is -2.25. The van der Waals surface area contributed by atoms with Gasteiger partial charge >= 0.3 is 0 Å². The van der Waals surface area contributed by atoms with Crippen molar-refractivity contribution in [2.24, 2.45) is 5.73 Å². The second-order valence-corrected chi connectivity index (χ2v) is 5.12. The maximum absolute atomic E-state index is 5.97. The molecule has 1 aromatic rings. The predicted octanol–water partition coefficient (Wildman–Crippen LogP) is 2.09. The molecular formula is C11H21N3O2S. The highest BCUT2D eigenvalue weighted by Gasteiger charge is 2.30. The molecule has 0 spiro atoms. The highest BCUT2D eigenvalue weighted by atomic mass is 32.2. The lowest BCUT2D eigenvalue weighted by molar-refractivity contribution is -0.0106. The van der Waals surface area contributed by atoms with Crippen molar-refractivity contribution in [3.8, 4) is 0 Å². The first-order valence-electron chi connectivity index (χ1n) is 5.71. The van der Waals surface area contributed by atoms with Crippen LogP contribution in [-0.2, 0) is 10.3 Å².